The minimum atomic E-state index is -0.377. The highest BCUT2D eigenvalue weighted by Gasteiger charge is 2.34. The number of benzene rings is 1. The Labute approximate surface area is 191 Å². The van der Waals surface area contributed by atoms with Gasteiger partial charge in [-0.15, -0.1) is 0 Å². The third kappa shape index (κ3) is 5.14. The molecule has 174 valence electrons. The van der Waals surface area contributed by atoms with E-state index in [9.17, 15) is 14.0 Å². The zero-order valence-corrected chi connectivity index (χ0v) is 18.6. The second kappa shape index (κ2) is 9.58. The number of hydrogen-bond acceptors (Lipinski definition) is 5. The van der Waals surface area contributed by atoms with E-state index in [-0.39, 0.29) is 47.9 Å². The summed E-state index contributed by atoms with van der Waals surface area (Å²) < 4.78 is 13.2. The van der Waals surface area contributed by atoms with Crippen LogP contribution in [-0.2, 0) is 11.3 Å². The number of carbonyl (C=O) groups excluding carboxylic acids is 2. The van der Waals surface area contributed by atoms with E-state index in [0.29, 0.717) is 42.9 Å². The van der Waals surface area contributed by atoms with Crippen molar-refractivity contribution in [3.8, 4) is 0 Å². The molecule has 4 rings (SSSR count). The molecule has 2 aliphatic rings. The number of aromatic amines is 1. The number of likely N-dealkylation sites (tertiary alicyclic amines) is 1. The van der Waals surface area contributed by atoms with Crippen LogP contribution in [0.2, 0.25) is 0 Å². The summed E-state index contributed by atoms with van der Waals surface area (Å²) in [7, 11) is 0. The summed E-state index contributed by atoms with van der Waals surface area (Å²) in [6.45, 7) is 2.89. The van der Waals surface area contributed by atoms with Gasteiger partial charge in [-0.2, -0.15) is 0 Å². The number of nitrogens with one attached hydrogen (secondary N) is 2. The first-order chi connectivity index (χ1) is 15.8. The largest absolute Gasteiger partial charge is 0.394 e. The standard InChI is InChI=1S/C24H29FN6O2/c1-14-12-31(24(33)20-3-2-8-28-20)13-19(21(27)23(32)30-18-9-17(26)10-18)22(14)29-11-15-4-6-16(25)7-5-15/h2-8,14,17-18,28H,9-13,26-27H2,1H3,(H,30,32). The fraction of sp³-hybridized carbons (Fsp3) is 0.375. The van der Waals surface area contributed by atoms with Crippen LogP contribution >= 0.6 is 0 Å². The Kier molecular flexibility index (Phi) is 6.60. The van der Waals surface area contributed by atoms with Crippen molar-refractivity contribution in [1.29, 1.82) is 0 Å². The third-order valence-electron chi connectivity index (χ3n) is 6.16. The number of H-pyrrole nitrogens is 1. The molecular formula is C24H29FN6O2. The van der Waals surface area contributed by atoms with Gasteiger partial charge in [0.1, 0.15) is 17.2 Å². The Morgan fingerprint density at radius 3 is 2.61 bits per heavy atom. The molecular weight excluding hydrogens is 423 g/mol. The summed E-state index contributed by atoms with van der Waals surface area (Å²) in [6, 6.07) is 9.70. The van der Waals surface area contributed by atoms with Gasteiger partial charge in [0.15, 0.2) is 0 Å². The maximum absolute atomic E-state index is 13.2. The van der Waals surface area contributed by atoms with Gasteiger partial charge in [0.2, 0.25) is 0 Å². The average Bonchev–Trinajstić information content (AvgIpc) is 3.31. The number of piperidine rings is 1. The molecule has 0 bridgehead atoms. The lowest BCUT2D eigenvalue weighted by Crippen LogP contribution is -2.52. The van der Waals surface area contributed by atoms with Crippen LogP contribution in [0, 0.1) is 11.7 Å². The van der Waals surface area contributed by atoms with Gasteiger partial charge < -0.3 is 26.7 Å². The molecule has 1 saturated carbocycles. The van der Waals surface area contributed by atoms with E-state index in [1.165, 1.54) is 12.1 Å². The summed E-state index contributed by atoms with van der Waals surface area (Å²) in [5, 5.41) is 2.92. The van der Waals surface area contributed by atoms with Gasteiger partial charge >= 0.3 is 0 Å². The number of aromatic nitrogens is 1. The number of amides is 2. The second-order valence-corrected chi connectivity index (χ2v) is 8.79. The number of rotatable bonds is 5. The third-order valence-corrected chi connectivity index (χ3v) is 6.16. The highest BCUT2D eigenvalue weighted by atomic mass is 19.1. The lowest BCUT2D eigenvalue weighted by Gasteiger charge is -2.36. The van der Waals surface area contributed by atoms with Gasteiger partial charge in [-0.25, -0.2) is 4.39 Å². The Bertz CT molecular complexity index is 1070. The van der Waals surface area contributed by atoms with Crippen LogP contribution in [0.3, 0.4) is 0 Å². The Morgan fingerprint density at radius 2 is 1.97 bits per heavy atom. The van der Waals surface area contributed by atoms with Crippen molar-refractivity contribution in [2.24, 2.45) is 22.4 Å². The van der Waals surface area contributed by atoms with Crippen LogP contribution in [0.1, 0.15) is 35.8 Å². The molecule has 2 heterocycles. The van der Waals surface area contributed by atoms with Crippen molar-refractivity contribution in [2.75, 3.05) is 13.1 Å². The van der Waals surface area contributed by atoms with Gasteiger partial charge in [-0.05, 0) is 42.7 Å². The normalized spacial score (nSPS) is 25.5. The molecule has 0 spiro atoms. The Morgan fingerprint density at radius 1 is 1.24 bits per heavy atom. The Hall–Kier alpha value is -3.46. The molecule has 0 radical (unpaired) electrons. The van der Waals surface area contributed by atoms with E-state index < -0.39 is 0 Å². The molecule has 1 unspecified atom stereocenters. The summed E-state index contributed by atoms with van der Waals surface area (Å²) in [5.41, 5.74) is 14.8. The fourth-order valence-corrected chi connectivity index (χ4v) is 4.26. The number of carbonyl (C=O) groups is 2. The van der Waals surface area contributed by atoms with Crippen molar-refractivity contribution in [3.63, 3.8) is 0 Å². The summed E-state index contributed by atoms with van der Waals surface area (Å²) >= 11 is 0. The maximum Gasteiger partial charge on any atom is 0.270 e. The van der Waals surface area contributed by atoms with Gasteiger partial charge in [0, 0.05) is 42.0 Å². The van der Waals surface area contributed by atoms with Crippen molar-refractivity contribution >= 4 is 17.5 Å². The van der Waals surface area contributed by atoms with E-state index in [1.54, 1.807) is 35.4 Å². The zero-order valence-electron chi connectivity index (χ0n) is 18.6. The number of nitrogens with two attached hydrogens (primary N) is 2. The van der Waals surface area contributed by atoms with Crippen molar-refractivity contribution in [2.45, 2.75) is 38.4 Å². The highest BCUT2D eigenvalue weighted by Crippen LogP contribution is 2.24. The number of halogens is 1. The molecule has 2 fully saturated rings. The van der Waals surface area contributed by atoms with E-state index in [0.717, 1.165) is 5.56 Å². The number of nitrogens with zero attached hydrogens (tertiary/aromatic N) is 2. The van der Waals surface area contributed by atoms with Gasteiger partial charge in [0.25, 0.3) is 11.8 Å². The van der Waals surface area contributed by atoms with E-state index in [1.807, 2.05) is 6.92 Å². The van der Waals surface area contributed by atoms with Crippen LogP contribution in [0.5, 0.6) is 0 Å². The number of aliphatic imine (C=N–C) groups is 1. The first-order valence-corrected chi connectivity index (χ1v) is 11.1. The molecule has 2 amide bonds. The first kappa shape index (κ1) is 22.7. The van der Waals surface area contributed by atoms with Crippen LogP contribution in [-0.4, -0.2) is 52.6 Å². The van der Waals surface area contributed by atoms with Crippen molar-refractivity contribution in [1.82, 2.24) is 15.2 Å². The monoisotopic (exact) mass is 452 g/mol. The molecule has 6 N–H and O–H groups in total. The van der Waals surface area contributed by atoms with E-state index in [4.69, 9.17) is 16.5 Å². The predicted molar refractivity (Wildman–Crippen MR) is 124 cm³/mol. The molecule has 1 aliphatic heterocycles. The maximum atomic E-state index is 13.2. The van der Waals surface area contributed by atoms with Gasteiger partial charge in [-0.3, -0.25) is 14.6 Å². The molecule has 1 aromatic heterocycles. The molecule has 1 aliphatic carbocycles. The van der Waals surface area contributed by atoms with Crippen LogP contribution in [0.15, 0.2) is 58.9 Å². The minimum absolute atomic E-state index is 0.00363. The lowest BCUT2D eigenvalue weighted by atomic mass is 9.87. The lowest BCUT2D eigenvalue weighted by molar-refractivity contribution is -0.118. The van der Waals surface area contributed by atoms with Crippen molar-refractivity contribution < 1.29 is 14.0 Å². The van der Waals surface area contributed by atoms with Gasteiger partial charge in [-0.1, -0.05) is 19.1 Å². The van der Waals surface area contributed by atoms with Crippen LogP contribution < -0.4 is 16.8 Å². The molecule has 8 nitrogen and oxygen atoms in total. The predicted octanol–water partition coefficient (Wildman–Crippen LogP) is 1.71. The average molecular weight is 453 g/mol. The molecule has 1 aromatic carbocycles. The van der Waals surface area contributed by atoms with E-state index >= 15 is 0 Å². The quantitative estimate of drug-likeness (QED) is 0.515. The molecule has 9 heteroatoms. The molecule has 2 aromatic rings. The molecule has 1 saturated heterocycles. The highest BCUT2D eigenvalue weighted by molar-refractivity contribution is 6.10. The van der Waals surface area contributed by atoms with Crippen LogP contribution in [0.25, 0.3) is 0 Å². The summed E-state index contributed by atoms with van der Waals surface area (Å²) in [4.78, 5) is 35.2. The molecule has 33 heavy (non-hydrogen) atoms. The zero-order chi connectivity index (χ0) is 23.5. The van der Waals surface area contributed by atoms with Crippen molar-refractivity contribution in [3.05, 3.63) is 70.9 Å². The van der Waals surface area contributed by atoms with E-state index in [2.05, 4.69) is 10.3 Å². The van der Waals surface area contributed by atoms with Gasteiger partial charge in [0.05, 0.1) is 13.1 Å². The molecule has 1 atom stereocenters. The minimum Gasteiger partial charge on any atom is -0.394 e. The van der Waals surface area contributed by atoms with Crippen LogP contribution in [0.4, 0.5) is 4.39 Å². The fourth-order valence-electron chi connectivity index (χ4n) is 4.26. The summed E-state index contributed by atoms with van der Waals surface area (Å²) in [5.74, 6) is -0.998. The smallest absolute Gasteiger partial charge is 0.270 e. The second-order valence-electron chi connectivity index (χ2n) is 8.79. The Balaban J connectivity index is 1.61. The topological polar surface area (TPSA) is 130 Å². The SMILES string of the molecule is CC1CN(C(=O)c2ccc[nH]2)CC(=C(N)C(=O)NC2CC(N)C2)C1=NCc1ccc(F)cc1. The summed E-state index contributed by atoms with van der Waals surface area (Å²) in [6.07, 6.45) is 3.12. The first-order valence-electron chi connectivity index (χ1n) is 11.1. The number of hydrogen-bond donors (Lipinski definition) is 4.